The van der Waals surface area contributed by atoms with Crippen molar-refractivity contribution < 1.29 is 23.7 Å². The lowest BCUT2D eigenvalue weighted by Gasteiger charge is -2.11. The molecule has 0 radical (unpaired) electrons. The highest BCUT2D eigenvalue weighted by Gasteiger charge is 2.28. The molecule has 1 heterocycles. The highest BCUT2D eigenvalue weighted by atomic mass is 16.8. The molecule has 17 heavy (non-hydrogen) atoms. The Morgan fingerprint density at radius 1 is 1.41 bits per heavy atom. The molecule has 0 amide bonds. The fourth-order valence-corrected chi connectivity index (χ4v) is 1.54. The Labute approximate surface area is 99.2 Å². The lowest BCUT2D eigenvalue weighted by molar-refractivity contribution is -0.0710. The average molecular weight is 238 g/mol. The number of benzene rings is 1. The number of carbonyl (C=O) groups is 1. The molecule has 5 heteroatoms. The number of hydrogen-bond acceptors (Lipinski definition) is 5. The van der Waals surface area contributed by atoms with Crippen molar-refractivity contribution >= 4 is 6.16 Å². The Morgan fingerprint density at radius 3 is 2.88 bits per heavy atom. The van der Waals surface area contributed by atoms with E-state index in [4.69, 9.17) is 14.2 Å². The van der Waals surface area contributed by atoms with Crippen LogP contribution in [-0.2, 0) is 18.9 Å². The Bertz CT molecular complexity index is 364. The van der Waals surface area contributed by atoms with Gasteiger partial charge in [-0.05, 0) is 0 Å². The lowest BCUT2D eigenvalue weighted by atomic mass is 10.2. The summed E-state index contributed by atoms with van der Waals surface area (Å²) in [6, 6.07) is 9.61. The normalized spacial score (nSPS) is 23.4. The van der Waals surface area contributed by atoms with Crippen LogP contribution in [0.4, 0.5) is 4.79 Å². The topological polar surface area (TPSA) is 54.0 Å². The summed E-state index contributed by atoms with van der Waals surface area (Å²) >= 11 is 0. The summed E-state index contributed by atoms with van der Waals surface area (Å²) in [4.78, 5) is 10.8. The van der Waals surface area contributed by atoms with Gasteiger partial charge < -0.3 is 18.9 Å². The predicted octanol–water partition coefficient (Wildman–Crippen LogP) is 1.88. The zero-order valence-electron chi connectivity index (χ0n) is 9.50. The van der Waals surface area contributed by atoms with Crippen LogP contribution in [0.2, 0.25) is 0 Å². The molecule has 5 nitrogen and oxygen atoms in total. The maximum atomic E-state index is 10.8. The highest BCUT2D eigenvalue weighted by Crippen LogP contribution is 2.26. The smallest absolute Gasteiger partial charge is 0.438 e. The van der Waals surface area contributed by atoms with Gasteiger partial charge in [0.15, 0.2) is 6.29 Å². The Morgan fingerprint density at radius 2 is 2.18 bits per heavy atom. The van der Waals surface area contributed by atoms with Crippen LogP contribution < -0.4 is 0 Å². The molecule has 1 aromatic carbocycles. The first-order chi connectivity index (χ1) is 8.29. The van der Waals surface area contributed by atoms with E-state index in [1.807, 2.05) is 30.3 Å². The SMILES string of the molecule is COC(=O)OCC1COC(c2ccccc2)O1. The maximum Gasteiger partial charge on any atom is 0.508 e. The maximum absolute atomic E-state index is 10.8. The van der Waals surface area contributed by atoms with Crippen LogP contribution >= 0.6 is 0 Å². The molecule has 1 aromatic rings. The standard InChI is InChI=1S/C12H14O5/c1-14-12(13)16-8-10-7-15-11(17-10)9-5-3-2-4-6-9/h2-6,10-11H,7-8H2,1H3. The molecule has 2 unspecified atom stereocenters. The molecule has 0 bridgehead atoms. The summed E-state index contributed by atoms with van der Waals surface area (Å²) in [6.45, 7) is 0.534. The Hall–Kier alpha value is -1.59. The van der Waals surface area contributed by atoms with E-state index in [0.29, 0.717) is 6.61 Å². The summed E-state index contributed by atoms with van der Waals surface area (Å²) in [5.74, 6) is 0. The molecule has 1 aliphatic heterocycles. The van der Waals surface area contributed by atoms with Gasteiger partial charge in [0.1, 0.15) is 12.7 Å². The zero-order valence-corrected chi connectivity index (χ0v) is 9.50. The largest absolute Gasteiger partial charge is 0.508 e. The fraction of sp³-hybridized carbons (Fsp3) is 0.417. The minimum Gasteiger partial charge on any atom is -0.438 e. The molecule has 0 N–H and O–H groups in total. The van der Waals surface area contributed by atoms with Crippen LogP contribution in [-0.4, -0.2) is 32.6 Å². The molecule has 1 aliphatic rings. The van der Waals surface area contributed by atoms with Gasteiger partial charge in [0.2, 0.25) is 0 Å². The molecule has 92 valence electrons. The first kappa shape index (κ1) is 11.9. The molecule has 0 saturated carbocycles. The second-order valence-electron chi connectivity index (χ2n) is 3.60. The summed E-state index contributed by atoms with van der Waals surface area (Å²) in [6.07, 6.45) is -1.35. The van der Waals surface area contributed by atoms with E-state index in [1.165, 1.54) is 7.11 Å². The number of methoxy groups -OCH3 is 1. The fourth-order valence-electron chi connectivity index (χ4n) is 1.54. The van der Waals surface area contributed by atoms with Crippen molar-refractivity contribution in [1.29, 1.82) is 0 Å². The van der Waals surface area contributed by atoms with Crippen LogP contribution in [0.3, 0.4) is 0 Å². The number of hydrogen-bond donors (Lipinski definition) is 0. The van der Waals surface area contributed by atoms with Crippen molar-refractivity contribution in [2.45, 2.75) is 12.4 Å². The van der Waals surface area contributed by atoms with E-state index in [9.17, 15) is 4.79 Å². The van der Waals surface area contributed by atoms with Gasteiger partial charge in [-0.2, -0.15) is 0 Å². The lowest BCUT2D eigenvalue weighted by Crippen LogP contribution is -2.20. The van der Waals surface area contributed by atoms with Crippen molar-refractivity contribution in [2.75, 3.05) is 20.3 Å². The molecule has 2 rings (SSSR count). The second kappa shape index (κ2) is 5.65. The van der Waals surface area contributed by atoms with Gasteiger partial charge in [0.05, 0.1) is 13.7 Å². The quantitative estimate of drug-likeness (QED) is 0.752. The summed E-state index contributed by atoms with van der Waals surface area (Å²) in [5, 5.41) is 0. The molecule has 1 saturated heterocycles. The summed E-state index contributed by atoms with van der Waals surface area (Å²) < 4.78 is 20.2. The third kappa shape index (κ3) is 3.18. The van der Waals surface area contributed by atoms with Crippen molar-refractivity contribution in [2.24, 2.45) is 0 Å². The zero-order chi connectivity index (χ0) is 12.1. The number of rotatable bonds is 3. The van der Waals surface area contributed by atoms with Crippen molar-refractivity contribution in [3.05, 3.63) is 35.9 Å². The minimum absolute atomic E-state index is 0.135. The Balaban J connectivity index is 1.82. The highest BCUT2D eigenvalue weighted by molar-refractivity contribution is 5.59. The van der Waals surface area contributed by atoms with E-state index in [-0.39, 0.29) is 19.0 Å². The van der Waals surface area contributed by atoms with E-state index >= 15 is 0 Å². The van der Waals surface area contributed by atoms with Gasteiger partial charge in [-0.1, -0.05) is 30.3 Å². The second-order valence-corrected chi connectivity index (χ2v) is 3.60. The van der Waals surface area contributed by atoms with Crippen molar-refractivity contribution in [1.82, 2.24) is 0 Å². The van der Waals surface area contributed by atoms with Crippen molar-refractivity contribution in [3.63, 3.8) is 0 Å². The Kier molecular flexibility index (Phi) is 3.95. The van der Waals surface area contributed by atoms with Crippen molar-refractivity contribution in [3.8, 4) is 0 Å². The van der Waals surface area contributed by atoms with Crippen LogP contribution in [0.5, 0.6) is 0 Å². The first-order valence-corrected chi connectivity index (χ1v) is 5.32. The molecular weight excluding hydrogens is 224 g/mol. The van der Waals surface area contributed by atoms with Crippen LogP contribution in [0.1, 0.15) is 11.9 Å². The average Bonchev–Trinajstić information content (AvgIpc) is 2.86. The number of carbonyl (C=O) groups excluding carboxylic acids is 1. The van der Waals surface area contributed by atoms with Gasteiger partial charge in [-0.3, -0.25) is 0 Å². The number of ether oxygens (including phenoxy) is 4. The molecule has 1 fully saturated rings. The van der Waals surface area contributed by atoms with E-state index < -0.39 is 6.16 Å². The van der Waals surface area contributed by atoms with Gasteiger partial charge in [-0.15, -0.1) is 0 Å². The predicted molar refractivity (Wildman–Crippen MR) is 58.4 cm³/mol. The third-order valence-corrected chi connectivity index (χ3v) is 2.38. The van der Waals surface area contributed by atoms with Gasteiger partial charge in [0, 0.05) is 5.56 Å². The van der Waals surface area contributed by atoms with E-state index in [1.54, 1.807) is 0 Å². The van der Waals surface area contributed by atoms with Gasteiger partial charge in [0.25, 0.3) is 0 Å². The molecule has 0 aromatic heterocycles. The van der Waals surface area contributed by atoms with Gasteiger partial charge >= 0.3 is 6.16 Å². The van der Waals surface area contributed by atoms with E-state index in [0.717, 1.165) is 5.56 Å². The molecule has 0 spiro atoms. The van der Waals surface area contributed by atoms with Crippen LogP contribution in [0.25, 0.3) is 0 Å². The van der Waals surface area contributed by atoms with E-state index in [2.05, 4.69) is 4.74 Å². The first-order valence-electron chi connectivity index (χ1n) is 5.32. The molecule has 0 aliphatic carbocycles. The minimum atomic E-state index is -0.711. The monoisotopic (exact) mass is 238 g/mol. The van der Waals surface area contributed by atoms with Gasteiger partial charge in [-0.25, -0.2) is 4.79 Å². The molecule has 2 atom stereocenters. The van der Waals surface area contributed by atoms with Crippen LogP contribution in [0, 0.1) is 0 Å². The van der Waals surface area contributed by atoms with Crippen LogP contribution in [0.15, 0.2) is 30.3 Å². The summed E-state index contributed by atoms with van der Waals surface area (Å²) in [7, 11) is 1.26. The summed E-state index contributed by atoms with van der Waals surface area (Å²) in [5.41, 5.74) is 0.952. The third-order valence-electron chi connectivity index (χ3n) is 2.38. The molecular formula is C12H14O5.